The lowest BCUT2D eigenvalue weighted by Crippen LogP contribution is -2.57. The molecule has 33 heteroatoms. The Bertz CT molecular complexity index is 4090. The maximum absolute atomic E-state index is 13.0. The number of carbonyl (C=O) groups excluding carboxylic acids is 7. The van der Waals surface area contributed by atoms with Gasteiger partial charge in [-0.2, -0.15) is 0 Å². The highest BCUT2D eigenvalue weighted by atomic mass is 79.9. The zero-order chi connectivity index (χ0) is 73.9. The van der Waals surface area contributed by atoms with Crippen molar-refractivity contribution in [3.05, 3.63) is 106 Å². The molecule has 0 unspecified atom stereocenters. The molecule has 26 nitrogen and oxygen atoms in total. The molecule has 5 saturated heterocycles. The van der Waals surface area contributed by atoms with Crippen molar-refractivity contribution >= 4 is 125 Å². The minimum absolute atomic E-state index is 0.00269. The van der Waals surface area contributed by atoms with Gasteiger partial charge < -0.3 is 54.0 Å². The van der Waals surface area contributed by atoms with Gasteiger partial charge in [0.1, 0.15) is 29.3 Å². The average molecular weight is 1610 g/mol. The second kappa shape index (κ2) is 31.2. The first-order valence-corrected chi connectivity index (χ1v) is 41.7. The molecule has 101 heavy (non-hydrogen) atoms. The van der Waals surface area contributed by atoms with Crippen molar-refractivity contribution in [3.63, 3.8) is 0 Å². The second-order valence-electron chi connectivity index (χ2n) is 28.8. The van der Waals surface area contributed by atoms with Gasteiger partial charge in [0.2, 0.25) is 41.4 Å². The largest absolute Gasteiger partial charge is 0.508 e. The third-order valence-corrected chi connectivity index (χ3v) is 28.2. The fraction of sp³-hybridized carbons (Fsp3) is 0.544. The van der Waals surface area contributed by atoms with Gasteiger partial charge in [-0.15, -0.1) is 0 Å². The molecule has 0 aromatic heterocycles. The normalized spacial score (nSPS) is 20.9. The van der Waals surface area contributed by atoms with Gasteiger partial charge in [0, 0.05) is 77.5 Å². The number of hydrogen-bond acceptors (Lipinski definition) is 19. The molecule has 12 rings (SSSR count). The minimum atomic E-state index is -3.72. The number of hydrogen-bond donors (Lipinski definition) is 2. The Kier molecular flexibility index (Phi) is 24.3. The van der Waals surface area contributed by atoms with Crippen molar-refractivity contribution in [2.75, 3.05) is 102 Å². The molecule has 5 aliphatic heterocycles. The number of nitrogens with zero attached hydrogens (tertiary/aromatic N) is 7. The number of benzene rings is 4. The van der Waals surface area contributed by atoms with Crippen LogP contribution < -0.4 is 10.8 Å². The molecule has 0 spiro atoms. The smallest absolute Gasteiger partial charge is 0.494 e. The molecule has 2 N–H and O–H groups in total. The van der Waals surface area contributed by atoms with Gasteiger partial charge in [-0.1, -0.05) is 84.0 Å². The number of phenolic OH excluding ortho intramolecular Hbond substituents is 1. The Labute approximate surface area is 609 Å². The first kappa shape index (κ1) is 78.8. The maximum Gasteiger partial charge on any atom is 0.494 e. The van der Waals surface area contributed by atoms with Gasteiger partial charge in [0.05, 0.1) is 57.0 Å². The summed E-state index contributed by atoms with van der Waals surface area (Å²) in [5.41, 5.74) is -1.30. The number of halogens is 2. The van der Waals surface area contributed by atoms with Gasteiger partial charge in [-0.25, -0.2) is 33.7 Å². The molecular weight excluding hydrogens is 1520 g/mol. The lowest BCUT2D eigenvalue weighted by molar-refractivity contribution is -0.153. The van der Waals surface area contributed by atoms with Crippen LogP contribution in [0.4, 0.5) is 0 Å². The number of aromatic hydroxyl groups is 1. The molecular formula is C68H89BBr2N8O18S4. The van der Waals surface area contributed by atoms with Gasteiger partial charge in [-0.05, 0) is 157 Å². The Hall–Kier alpha value is -6.33. The highest BCUT2D eigenvalue weighted by Crippen LogP contribution is 2.44. The molecule has 4 aromatic rings. The Balaban J connectivity index is 0.000000160. The van der Waals surface area contributed by atoms with Crippen LogP contribution in [0.3, 0.4) is 0 Å². The van der Waals surface area contributed by atoms with Gasteiger partial charge in [-0.3, -0.25) is 33.6 Å². The summed E-state index contributed by atoms with van der Waals surface area (Å²) in [6, 6.07) is 24.4. The fourth-order valence-corrected chi connectivity index (χ4v) is 18.7. The predicted molar refractivity (Wildman–Crippen MR) is 382 cm³/mol. The van der Waals surface area contributed by atoms with Crippen molar-refractivity contribution in [1.29, 1.82) is 0 Å². The zero-order valence-electron chi connectivity index (χ0n) is 57.9. The van der Waals surface area contributed by atoms with E-state index in [0.29, 0.717) is 32.7 Å². The molecule has 4 aromatic carbocycles. The number of phenols is 1. The van der Waals surface area contributed by atoms with E-state index < -0.39 is 69.4 Å². The summed E-state index contributed by atoms with van der Waals surface area (Å²) in [5.74, 6) is -2.63. The number of piperazine rings is 4. The van der Waals surface area contributed by atoms with E-state index in [1.54, 1.807) is 51.1 Å². The summed E-state index contributed by atoms with van der Waals surface area (Å²) in [5, 5.41) is 12.2. The van der Waals surface area contributed by atoms with Crippen molar-refractivity contribution in [2.45, 2.75) is 137 Å². The van der Waals surface area contributed by atoms with Crippen LogP contribution in [0.1, 0.15) is 106 Å². The third-order valence-electron chi connectivity index (χ3n) is 20.5. The molecule has 0 radical (unpaired) electrons. The van der Waals surface area contributed by atoms with Crippen LogP contribution in [-0.4, -0.2) is 235 Å². The Morgan fingerprint density at radius 3 is 0.970 bits per heavy atom. The van der Waals surface area contributed by atoms with Crippen LogP contribution in [0.2, 0.25) is 0 Å². The number of amides is 7. The van der Waals surface area contributed by atoms with Crippen molar-refractivity contribution in [1.82, 2.24) is 39.6 Å². The highest BCUT2D eigenvalue weighted by molar-refractivity contribution is 9.10. The molecule has 7 amide bonds. The number of nitrogens with one attached hydrogen (secondary N) is 1. The van der Waals surface area contributed by atoms with Crippen LogP contribution in [0, 0.1) is 16.2 Å². The SMILES string of the molecule is CC1(C(=O)N2CCN(CS(=O)(=O)c3ccc(B4OC(C)(C)C(C)(C)O4)cc3)C(=O)C2)CCC1.CC1(C(=O)N2CCN(CS(=O)(=O)c3ccc(Br)cc3)C(=O)C2)CCC1.CC1(C(=O)N2CCN(CS(=O)(=O)c3ccc(O)cc3)C(=O)C2)CCC1.O=C1CNCCN1CS(=O)(=O)c1ccc(Br)cc1. The van der Waals surface area contributed by atoms with E-state index >= 15 is 0 Å². The lowest BCUT2D eigenvalue weighted by atomic mass is 9.69. The summed E-state index contributed by atoms with van der Waals surface area (Å²) in [6.45, 7) is 16.5. The van der Waals surface area contributed by atoms with E-state index in [4.69, 9.17) is 9.31 Å². The van der Waals surface area contributed by atoms with Crippen LogP contribution in [0.15, 0.2) is 126 Å². The summed E-state index contributed by atoms with van der Waals surface area (Å²) < 4.78 is 114. The average Bonchev–Trinajstić information content (AvgIpc) is 1.58. The van der Waals surface area contributed by atoms with Gasteiger partial charge in [0.25, 0.3) is 0 Å². The molecule has 3 saturated carbocycles. The summed E-state index contributed by atoms with van der Waals surface area (Å²) in [4.78, 5) is 97.2. The lowest BCUT2D eigenvalue weighted by Gasteiger charge is -2.43. The number of rotatable bonds is 16. The summed E-state index contributed by atoms with van der Waals surface area (Å²) in [7, 11) is -15.0. The maximum atomic E-state index is 13.0. The van der Waals surface area contributed by atoms with E-state index in [0.717, 1.165) is 72.2 Å². The van der Waals surface area contributed by atoms with Crippen LogP contribution in [0.25, 0.3) is 0 Å². The quantitative estimate of drug-likeness (QED) is 0.136. The molecule has 8 fully saturated rings. The fourth-order valence-electron chi connectivity index (χ4n) is 12.6. The molecule has 0 bridgehead atoms. The topological polar surface area (TPSA) is 329 Å². The zero-order valence-corrected chi connectivity index (χ0v) is 64.3. The number of carbonyl (C=O) groups is 7. The third kappa shape index (κ3) is 18.8. The van der Waals surface area contributed by atoms with Crippen LogP contribution in [0.5, 0.6) is 5.75 Å². The highest BCUT2D eigenvalue weighted by Gasteiger charge is 2.52. The molecule has 5 heterocycles. The monoisotopic (exact) mass is 1600 g/mol. The molecule has 3 aliphatic carbocycles. The summed E-state index contributed by atoms with van der Waals surface area (Å²) >= 11 is 6.52. The van der Waals surface area contributed by atoms with Gasteiger partial charge in [0.15, 0.2) is 39.3 Å². The molecule has 8 aliphatic rings. The number of sulfone groups is 4. The summed E-state index contributed by atoms with van der Waals surface area (Å²) in [6.07, 6.45) is 8.19. The van der Waals surface area contributed by atoms with Crippen LogP contribution in [-0.2, 0) is 82.2 Å². The van der Waals surface area contributed by atoms with E-state index in [1.165, 1.54) is 80.3 Å². The van der Waals surface area contributed by atoms with E-state index in [9.17, 15) is 72.3 Å². The van der Waals surface area contributed by atoms with E-state index in [-0.39, 0.29) is 140 Å². The Morgan fingerprint density at radius 1 is 0.426 bits per heavy atom. The van der Waals surface area contributed by atoms with Crippen molar-refractivity contribution in [3.8, 4) is 5.75 Å². The van der Waals surface area contributed by atoms with Crippen LogP contribution >= 0.6 is 31.9 Å². The van der Waals surface area contributed by atoms with E-state index in [2.05, 4.69) is 37.2 Å². The van der Waals surface area contributed by atoms with Crippen molar-refractivity contribution in [2.24, 2.45) is 16.2 Å². The minimum Gasteiger partial charge on any atom is -0.508 e. The first-order valence-electron chi connectivity index (χ1n) is 33.5. The van der Waals surface area contributed by atoms with Gasteiger partial charge >= 0.3 is 7.12 Å². The van der Waals surface area contributed by atoms with E-state index in [1.807, 2.05) is 48.5 Å². The standard InChI is InChI=1S/C23H33BN2O6S.C17H21BrN2O4S.C17H22N2O5S.C11H13BrN2O3S/c1-21(2)22(3,4)32-24(31-21)17-7-9-18(10-8-17)33(29,30)16-26-14-13-25(15-19(26)27)20(28)23(5)11-6-12-23;1-17(7-2-8-17)16(22)19-9-10-20(15(21)11-19)12-25(23,24)14-5-3-13(18)4-6-14;1-17(7-2-8-17)16(22)18-9-10-19(15(21)11-18)12-25(23,24)14-5-3-13(20)4-6-14;12-9-1-3-10(4-2-9)18(16,17)8-14-6-5-13-7-11(14)15/h7-10H,6,11-16H2,1-5H3;3-6H,2,7-12H2,1H3;3-6,20H,2,7-12H2,1H3;1-4,13H,5-8H2. The molecule has 0 atom stereocenters. The Morgan fingerprint density at radius 2 is 0.703 bits per heavy atom. The van der Waals surface area contributed by atoms with Crippen molar-refractivity contribution < 1.29 is 81.6 Å². The second-order valence-corrected chi connectivity index (χ2v) is 38.4. The molecule has 550 valence electrons. The predicted octanol–water partition coefficient (Wildman–Crippen LogP) is 5.22. The first-order chi connectivity index (χ1) is 47.2.